The second kappa shape index (κ2) is 5.24. The zero-order chi connectivity index (χ0) is 14.8. The second-order valence-electron chi connectivity index (χ2n) is 3.16. The number of hydrogen-bond acceptors (Lipinski definition) is 3. The molecule has 0 aromatic carbocycles. The minimum absolute atomic E-state index is 0.155. The van der Waals surface area contributed by atoms with Gasteiger partial charge in [0.05, 0.1) is 11.4 Å². The van der Waals surface area contributed by atoms with Gasteiger partial charge in [-0.1, -0.05) is 0 Å². The standard InChI is InChI=1S/C9H4ClF6NO2/c10-1-4-5(8(11,12)13)2-17-6(3-18)7(4)19-9(14,15)16/h2-3H,1H2. The lowest BCUT2D eigenvalue weighted by Gasteiger charge is -2.17. The van der Waals surface area contributed by atoms with Crippen LogP contribution in [0.25, 0.3) is 0 Å². The molecule has 10 heteroatoms. The van der Waals surface area contributed by atoms with Crippen molar-refractivity contribution < 1.29 is 35.9 Å². The number of pyridine rings is 1. The molecule has 0 fully saturated rings. The first-order chi connectivity index (χ1) is 8.60. The number of ether oxygens (including phenoxy) is 1. The maximum absolute atomic E-state index is 12.6. The molecular weight excluding hydrogens is 304 g/mol. The van der Waals surface area contributed by atoms with E-state index in [4.69, 9.17) is 11.6 Å². The molecule has 0 spiro atoms. The summed E-state index contributed by atoms with van der Waals surface area (Å²) in [4.78, 5) is 13.5. The molecule has 0 unspecified atom stereocenters. The molecule has 0 saturated carbocycles. The zero-order valence-corrected chi connectivity index (χ0v) is 9.53. The number of nitrogens with zero attached hydrogens (tertiary/aromatic N) is 1. The first-order valence-electron chi connectivity index (χ1n) is 4.46. The lowest BCUT2D eigenvalue weighted by Crippen LogP contribution is -2.21. The highest BCUT2D eigenvalue weighted by molar-refractivity contribution is 6.17. The monoisotopic (exact) mass is 307 g/mol. The lowest BCUT2D eigenvalue weighted by molar-refractivity contribution is -0.275. The van der Waals surface area contributed by atoms with Gasteiger partial charge < -0.3 is 4.74 Å². The minimum atomic E-state index is -5.27. The summed E-state index contributed by atoms with van der Waals surface area (Å²) in [5.41, 5.74) is -3.41. The van der Waals surface area contributed by atoms with E-state index in [1.165, 1.54) is 0 Å². The molecule has 0 aliphatic carbocycles. The smallest absolute Gasteiger partial charge is 0.403 e. The van der Waals surface area contributed by atoms with Crippen LogP contribution in [0.5, 0.6) is 5.75 Å². The number of carbonyl (C=O) groups is 1. The predicted octanol–water partition coefficient (Wildman–Crippen LogP) is 3.55. The Morgan fingerprint density at radius 2 is 1.84 bits per heavy atom. The van der Waals surface area contributed by atoms with Gasteiger partial charge in [0.1, 0.15) is 5.69 Å². The largest absolute Gasteiger partial charge is 0.573 e. The molecule has 0 amide bonds. The maximum atomic E-state index is 12.6. The molecule has 0 aliphatic rings. The Morgan fingerprint density at radius 1 is 1.26 bits per heavy atom. The van der Waals surface area contributed by atoms with Crippen LogP contribution in [0, 0.1) is 0 Å². The summed E-state index contributed by atoms with van der Waals surface area (Å²) in [5, 5.41) is 0. The number of aldehydes is 1. The number of carbonyl (C=O) groups excluding carboxylic acids is 1. The SMILES string of the molecule is O=Cc1ncc(C(F)(F)F)c(CCl)c1OC(F)(F)F. The number of halogens is 7. The van der Waals surface area contributed by atoms with Crippen molar-refractivity contribution in [2.75, 3.05) is 0 Å². The molecule has 1 heterocycles. The van der Waals surface area contributed by atoms with Gasteiger partial charge in [-0.2, -0.15) is 13.2 Å². The van der Waals surface area contributed by atoms with Gasteiger partial charge in [-0.15, -0.1) is 24.8 Å². The van der Waals surface area contributed by atoms with Crippen LogP contribution >= 0.6 is 11.6 Å². The van der Waals surface area contributed by atoms with Crippen LogP contribution < -0.4 is 4.74 Å². The molecular formula is C9H4ClF6NO2. The van der Waals surface area contributed by atoms with Gasteiger partial charge in [0.25, 0.3) is 0 Å². The van der Waals surface area contributed by atoms with Gasteiger partial charge >= 0.3 is 12.5 Å². The number of rotatable bonds is 3. The lowest BCUT2D eigenvalue weighted by atomic mass is 10.1. The fraction of sp³-hybridized carbons (Fsp3) is 0.333. The zero-order valence-electron chi connectivity index (χ0n) is 8.77. The van der Waals surface area contributed by atoms with Crippen molar-refractivity contribution in [1.82, 2.24) is 4.98 Å². The minimum Gasteiger partial charge on any atom is -0.403 e. The van der Waals surface area contributed by atoms with Crippen LogP contribution in [0.1, 0.15) is 21.6 Å². The van der Waals surface area contributed by atoms with Crippen LogP contribution in [-0.2, 0) is 12.1 Å². The molecule has 1 rings (SSSR count). The average molecular weight is 308 g/mol. The Bertz CT molecular complexity index is 485. The molecule has 3 nitrogen and oxygen atoms in total. The predicted molar refractivity (Wildman–Crippen MR) is 50.9 cm³/mol. The van der Waals surface area contributed by atoms with Gasteiger partial charge in [-0.3, -0.25) is 4.79 Å². The van der Waals surface area contributed by atoms with Crippen molar-refractivity contribution in [3.05, 3.63) is 23.0 Å². The molecule has 0 N–H and O–H groups in total. The number of aromatic nitrogens is 1. The summed E-state index contributed by atoms with van der Waals surface area (Å²) in [6.07, 6.45) is -10.2. The summed E-state index contributed by atoms with van der Waals surface area (Å²) in [7, 11) is 0. The van der Waals surface area contributed by atoms with Gasteiger partial charge in [0, 0.05) is 11.8 Å². The topological polar surface area (TPSA) is 39.2 Å². The van der Waals surface area contributed by atoms with E-state index >= 15 is 0 Å². The average Bonchev–Trinajstić information content (AvgIpc) is 2.25. The molecule has 1 aromatic rings. The highest BCUT2D eigenvalue weighted by Gasteiger charge is 2.39. The van der Waals surface area contributed by atoms with Crippen LogP contribution in [0.15, 0.2) is 6.20 Å². The van der Waals surface area contributed by atoms with E-state index in [1.807, 2.05) is 0 Å². The highest BCUT2D eigenvalue weighted by Crippen LogP contribution is 2.39. The molecule has 106 valence electrons. The molecule has 0 radical (unpaired) electrons. The van der Waals surface area contributed by atoms with E-state index in [9.17, 15) is 31.1 Å². The normalized spacial score (nSPS) is 12.4. The van der Waals surface area contributed by atoms with E-state index < -0.39 is 41.0 Å². The summed E-state index contributed by atoms with van der Waals surface area (Å²) in [6, 6.07) is 0. The Labute approximate surface area is 107 Å². The highest BCUT2D eigenvalue weighted by atomic mass is 35.5. The van der Waals surface area contributed by atoms with E-state index in [1.54, 1.807) is 0 Å². The quantitative estimate of drug-likeness (QED) is 0.487. The summed E-state index contributed by atoms with van der Waals surface area (Å²) >= 11 is 5.21. The first-order valence-corrected chi connectivity index (χ1v) is 4.99. The number of hydrogen-bond donors (Lipinski definition) is 0. The summed E-state index contributed by atoms with van der Waals surface area (Å²) < 4.78 is 77.4. The van der Waals surface area contributed by atoms with Gasteiger partial charge in [-0.05, 0) is 0 Å². The Morgan fingerprint density at radius 3 is 2.21 bits per heavy atom. The van der Waals surface area contributed by atoms with Crippen molar-refractivity contribution in [3.63, 3.8) is 0 Å². The van der Waals surface area contributed by atoms with Crippen LogP contribution in [-0.4, -0.2) is 17.6 Å². The first kappa shape index (κ1) is 15.5. The van der Waals surface area contributed by atoms with Crippen LogP contribution in [0.4, 0.5) is 26.3 Å². The van der Waals surface area contributed by atoms with E-state index in [2.05, 4.69) is 9.72 Å². The number of alkyl halides is 7. The summed E-state index contributed by atoms with van der Waals surface area (Å²) in [5.74, 6) is -2.27. The third kappa shape index (κ3) is 3.72. The van der Waals surface area contributed by atoms with Gasteiger partial charge in [-0.25, -0.2) is 4.98 Å². The molecule has 0 atom stereocenters. The fourth-order valence-corrected chi connectivity index (χ4v) is 1.50. The maximum Gasteiger partial charge on any atom is 0.573 e. The molecule has 19 heavy (non-hydrogen) atoms. The van der Waals surface area contributed by atoms with Crippen molar-refractivity contribution >= 4 is 17.9 Å². The third-order valence-corrected chi connectivity index (χ3v) is 2.20. The van der Waals surface area contributed by atoms with E-state index in [0.717, 1.165) is 0 Å². The van der Waals surface area contributed by atoms with Crippen LogP contribution in [0.2, 0.25) is 0 Å². The van der Waals surface area contributed by atoms with Crippen molar-refractivity contribution in [2.45, 2.75) is 18.4 Å². The van der Waals surface area contributed by atoms with Gasteiger partial charge in [0.2, 0.25) is 0 Å². The molecule has 0 saturated heterocycles. The molecule has 0 aliphatic heterocycles. The van der Waals surface area contributed by atoms with Crippen molar-refractivity contribution in [2.24, 2.45) is 0 Å². The van der Waals surface area contributed by atoms with E-state index in [-0.39, 0.29) is 12.5 Å². The fourth-order valence-electron chi connectivity index (χ4n) is 1.24. The Kier molecular flexibility index (Phi) is 4.28. The Balaban J connectivity index is 3.51. The van der Waals surface area contributed by atoms with Crippen molar-refractivity contribution in [3.8, 4) is 5.75 Å². The molecule has 1 aromatic heterocycles. The Hall–Kier alpha value is -1.51. The van der Waals surface area contributed by atoms with Crippen molar-refractivity contribution in [1.29, 1.82) is 0 Å². The van der Waals surface area contributed by atoms with Gasteiger partial charge in [0.15, 0.2) is 12.0 Å². The third-order valence-electron chi connectivity index (χ3n) is 1.93. The van der Waals surface area contributed by atoms with E-state index in [0.29, 0.717) is 0 Å². The summed E-state index contributed by atoms with van der Waals surface area (Å²) in [6.45, 7) is 0. The van der Waals surface area contributed by atoms with Crippen LogP contribution in [0.3, 0.4) is 0 Å². The molecule has 0 bridgehead atoms. The second-order valence-corrected chi connectivity index (χ2v) is 3.43.